The van der Waals surface area contributed by atoms with Crippen molar-refractivity contribution >= 4 is 11.7 Å². The summed E-state index contributed by atoms with van der Waals surface area (Å²) in [7, 11) is 0. The van der Waals surface area contributed by atoms with Gasteiger partial charge in [-0.05, 0) is 5.18 Å². The monoisotopic (exact) mass is 137 g/mol. The van der Waals surface area contributed by atoms with Crippen molar-refractivity contribution < 1.29 is 0 Å². The first-order valence-electron chi connectivity index (χ1n) is 2.77. The minimum atomic E-state index is -0.169. The molecular formula is C5H5N4O-. The Bertz CT molecular complexity index is 226. The van der Waals surface area contributed by atoms with Gasteiger partial charge in [0.1, 0.15) is 0 Å². The molecule has 10 heavy (non-hydrogen) atoms. The van der Waals surface area contributed by atoms with Crippen molar-refractivity contribution in [3.63, 3.8) is 0 Å². The molecule has 1 aliphatic heterocycles. The smallest absolute Gasteiger partial charge is 0.168 e. The van der Waals surface area contributed by atoms with Gasteiger partial charge in [0, 0.05) is 6.54 Å². The fraction of sp³-hybridized carbons (Fsp3) is 0.400. The van der Waals surface area contributed by atoms with Crippen LogP contribution in [0.2, 0.25) is 0 Å². The molecule has 0 atom stereocenters. The fourth-order valence-corrected chi connectivity index (χ4v) is 0.673. The van der Waals surface area contributed by atoms with E-state index < -0.39 is 0 Å². The zero-order chi connectivity index (χ0) is 7.40. The first-order valence-corrected chi connectivity index (χ1v) is 2.77. The van der Waals surface area contributed by atoms with Crippen LogP contribution in [0.25, 0.3) is 5.41 Å². The highest BCUT2D eigenvalue weighted by Crippen LogP contribution is 1.96. The molecule has 0 amide bonds. The lowest BCUT2D eigenvalue weighted by atomic mass is 10.4. The molecule has 0 spiro atoms. The van der Waals surface area contributed by atoms with E-state index in [0.29, 0.717) is 18.9 Å². The van der Waals surface area contributed by atoms with Gasteiger partial charge in [0.05, 0.1) is 6.54 Å². The molecule has 5 heteroatoms. The third kappa shape index (κ3) is 1.09. The Morgan fingerprint density at radius 1 is 1.90 bits per heavy atom. The van der Waals surface area contributed by atoms with Gasteiger partial charge in [-0.25, -0.2) is 5.87 Å². The Morgan fingerprint density at radius 2 is 2.70 bits per heavy atom. The van der Waals surface area contributed by atoms with Crippen LogP contribution in [0.5, 0.6) is 0 Å². The Morgan fingerprint density at radius 3 is 3.10 bits per heavy atom. The minimum Gasteiger partial charge on any atom is -0.761 e. The van der Waals surface area contributed by atoms with E-state index in [9.17, 15) is 4.91 Å². The maximum absolute atomic E-state index is 9.89. The fourth-order valence-electron chi connectivity index (χ4n) is 0.673. The quantitative estimate of drug-likeness (QED) is 0.425. The van der Waals surface area contributed by atoms with Crippen molar-refractivity contribution in [3.05, 3.63) is 16.0 Å². The Hall–Kier alpha value is -1.48. The van der Waals surface area contributed by atoms with Crippen LogP contribution in [0.1, 0.15) is 0 Å². The highest BCUT2D eigenvalue weighted by Gasteiger charge is 2.08. The average molecular weight is 137 g/mol. The van der Waals surface area contributed by atoms with E-state index in [-0.39, 0.29) is 5.70 Å². The lowest BCUT2D eigenvalue weighted by molar-refractivity contribution is 0.959. The van der Waals surface area contributed by atoms with Gasteiger partial charge in [0.15, 0.2) is 11.5 Å². The van der Waals surface area contributed by atoms with Crippen molar-refractivity contribution in [2.24, 2.45) is 10.2 Å². The average Bonchev–Trinajstić information content (AvgIpc) is 2.43. The van der Waals surface area contributed by atoms with Crippen molar-refractivity contribution in [2.75, 3.05) is 13.1 Å². The van der Waals surface area contributed by atoms with Crippen molar-refractivity contribution in [1.82, 2.24) is 5.32 Å². The predicted molar refractivity (Wildman–Crippen MR) is 38.0 cm³/mol. The molecule has 1 heterocycles. The second-order valence-corrected chi connectivity index (χ2v) is 1.71. The third-order valence-corrected chi connectivity index (χ3v) is 1.10. The summed E-state index contributed by atoms with van der Waals surface area (Å²) < 4.78 is 0. The lowest BCUT2D eigenvalue weighted by Gasteiger charge is -1.95. The summed E-state index contributed by atoms with van der Waals surface area (Å²) in [5.74, 6) is 1.96. The van der Waals surface area contributed by atoms with Crippen LogP contribution >= 0.6 is 0 Å². The number of nitrogens with one attached hydrogen (secondary N) is 1. The maximum Gasteiger partial charge on any atom is 0.168 e. The number of hydrogen-bond acceptors (Lipinski definition) is 4. The van der Waals surface area contributed by atoms with Gasteiger partial charge in [-0.3, -0.25) is 4.99 Å². The van der Waals surface area contributed by atoms with E-state index in [4.69, 9.17) is 5.41 Å². The predicted octanol–water partition coefficient (Wildman–Crippen LogP) is -0.122. The number of hydrogen-bond donors (Lipinski definition) is 1. The molecule has 0 saturated carbocycles. The summed E-state index contributed by atoms with van der Waals surface area (Å²) in [5.41, 5.74) is -0.169. The van der Waals surface area contributed by atoms with E-state index in [2.05, 4.69) is 15.5 Å². The summed E-state index contributed by atoms with van der Waals surface area (Å²) in [6.07, 6.45) is 0. The number of rotatable bonds is 2. The Kier molecular flexibility index (Phi) is 1.92. The molecule has 1 N–H and O–H groups in total. The van der Waals surface area contributed by atoms with Gasteiger partial charge < -0.3 is 10.7 Å². The van der Waals surface area contributed by atoms with Gasteiger partial charge in [0.25, 0.3) is 0 Å². The second kappa shape index (κ2) is 2.89. The largest absolute Gasteiger partial charge is 0.761 e. The SMILES string of the molecule is [N-]=C=C(N=O)C1=NCCN1. The molecule has 5 nitrogen and oxygen atoms in total. The first-order chi connectivity index (χ1) is 4.88. The third-order valence-electron chi connectivity index (χ3n) is 1.10. The minimum absolute atomic E-state index is 0.169. The van der Waals surface area contributed by atoms with Crippen LogP contribution in [0.3, 0.4) is 0 Å². The molecule has 0 radical (unpaired) electrons. The number of amidine groups is 1. The van der Waals surface area contributed by atoms with Crippen LogP contribution in [0.4, 0.5) is 0 Å². The first kappa shape index (κ1) is 6.64. The number of nitrogens with zero attached hydrogens (tertiary/aromatic N) is 3. The molecule has 0 fully saturated rings. The van der Waals surface area contributed by atoms with E-state index in [0.717, 1.165) is 0 Å². The van der Waals surface area contributed by atoms with Crippen LogP contribution < -0.4 is 5.32 Å². The molecule has 0 bridgehead atoms. The van der Waals surface area contributed by atoms with E-state index >= 15 is 0 Å². The molecule has 0 aliphatic carbocycles. The van der Waals surface area contributed by atoms with E-state index in [1.54, 1.807) is 5.87 Å². The van der Waals surface area contributed by atoms with Crippen LogP contribution in [-0.2, 0) is 0 Å². The molecule has 0 aromatic heterocycles. The van der Waals surface area contributed by atoms with E-state index in [1.165, 1.54) is 0 Å². The summed E-state index contributed by atoms with van der Waals surface area (Å²) in [4.78, 5) is 13.7. The van der Waals surface area contributed by atoms with Crippen LogP contribution in [0.15, 0.2) is 15.9 Å². The van der Waals surface area contributed by atoms with Crippen molar-refractivity contribution in [1.29, 1.82) is 0 Å². The standard InChI is InChI=1S/C5H5N4O/c6-3-4(9-10)5-7-1-2-8-5/h1-2H2,(H,7,8)/q-1. The summed E-state index contributed by atoms with van der Waals surface area (Å²) in [5, 5.41) is 13.5. The maximum atomic E-state index is 9.89. The molecule has 0 saturated heterocycles. The Labute approximate surface area is 57.3 Å². The van der Waals surface area contributed by atoms with Gasteiger partial charge in [-0.2, -0.15) is 0 Å². The highest BCUT2D eigenvalue weighted by molar-refractivity contribution is 6.06. The van der Waals surface area contributed by atoms with Gasteiger partial charge in [0.2, 0.25) is 0 Å². The van der Waals surface area contributed by atoms with E-state index in [1.807, 2.05) is 0 Å². The molecule has 0 unspecified atom stereocenters. The molecule has 1 rings (SSSR count). The molecule has 0 aromatic rings. The van der Waals surface area contributed by atoms with Gasteiger partial charge in [-0.1, -0.05) is 0 Å². The lowest BCUT2D eigenvalue weighted by Crippen LogP contribution is -2.19. The van der Waals surface area contributed by atoms with Gasteiger partial charge in [-0.15, -0.1) is 4.91 Å². The highest BCUT2D eigenvalue weighted by atomic mass is 16.3. The summed E-state index contributed by atoms with van der Waals surface area (Å²) in [6, 6.07) is 0. The second-order valence-electron chi connectivity index (χ2n) is 1.71. The normalized spacial score (nSPS) is 15.0. The van der Waals surface area contributed by atoms with Crippen LogP contribution in [0, 0.1) is 4.91 Å². The van der Waals surface area contributed by atoms with Crippen LogP contribution in [-0.4, -0.2) is 24.8 Å². The zero-order valence-electron chi connectivity index (χ0n) is 5.16. The number of nitroso groups, excluding NO2 is 1. The topological polar surface area (TPSA) is 76.1 Å². The molecule has 1 aliphatic rings. The molecule has 0 aromatic carbocycles. The Balaban J connectivity index is 2.81. The summed E-state index contributed by atoms with van der Waals surface area (Å²) in [6.45, 7) is 1.28. The molecular weight excluding hydrogens is 132 g/mol. The summed E-state index contributed by atoms with van der Waals surface area (Å²) >= 11 is 0. The zero-order valence-corrected chi connectivity index (χ0v) is 5.16. The number of aliphatic imine (C=N–C) groups is 1. The van der Waals surface area contributed by atoms with Gasteiger partial charge >= 0.3 is 0 Å². The molecule has 52 valence electrons. The van der Waals surface area contributed by atoms with Crippen molar-refractivity contribution in [2.45, 2.75) is 0 Å². The van der Waals surface area contributed by atoms with Crippen molar-refractivity contribution in [3.8, 4) is 0 Å².